The molecule has 29 heavy (non-hydrogen) atoms. The van der Waals surface area contributed by atoms with Gasteiger partial charge in [0.15, 0.2) is 0 Å². The molecule has 1 N–H and O–H groups in total. The number of carbonyl (C=O) groups excluding carboxylic acids is 1. The first-order valence-corrected chi connectivity index (χ1v) is 10.5. The maximum atomic E-state index is 13.5. The molecule has 1 aliphatic rings. The molecule has 3 aromatic rings. The normalized spacial score (nSPS) is 20.3. The Labute approximate surface area is 172 Å². The zero-order valence-corrected chi connectivity index (χ0v) is 17.4. The quantitative estimate of drug-likeness (QED) is 0.715. The molecule has 0 unspecified atom stereocenters. The Morgan fingerprint density at radius 2 is 2.07 bits per heavy atom. The summed E-state index contributed by atoms with van der Waals surface area (Å²) in [6.45, 7) is 7.50. The van der Waals surface area contributed by atoms with Gasteiger partial charge in [0.05, 0.1) is 12.1 Å². The van der Waals surface area contributed by atoms with E-state index in [0.29, 0.717) is 41.3 Å². The van der Waals surface area contributed by atoms with Crippen LogP contribution in [0.5, 0.6) is 0 Å². The molecule has 1 saturated heterocycles. The van der Waals surface area contributed by atoms with Crippen molar-refractivity contribution in [2.75, 3.05) is 13.1 Å². The lowest BCUT2D eigenvalue weighted by Gasteiger charge is -2.44. The second-order valence-corrected chi connectivity index (χ2v) is 8.48. The molecule has 1 aromatic carbocycles. The Hall–Kier alpha value is -2.58. The van der Waals surface area contributed by atoms with Crippen LogP contribution in [-0.2, 0) is 6.54 Å². The van der Waals surface area contributed by atoms with Gasteiger partial charge in [-0.3, -0.25) is 14.5 Å². The maximum absolute atomic E-state index is 13.5. The van der Waals surface area contributed by atoms with Crippen molar-refractivity contribution in [3.63, 3.8) is 0 Å². The Morgan fingerprint density at radius 3 is 2.83 bits per heavy atom. The third-order valence-electron chi connectivity index (χ3n) is 5.78. The number of thiophene rings is 1. The SMILES string of the molecule is Cc1cc(C(=O)N2CCN(Cc3nc4ccsc4c(=O)[nH]3)[C@H](C)[C@H]2C)ccc1F. The molecule has 2 atom stereocenters. The Morgan fingerprint density at radius 1 is 1.28 bits per heavy atom. The highest BCUT2D eigenvalue weighted by atomic mass is 32.1. The van der Waals surface area contributed by atoms with Crippen LogP contribution >= 0.6 is 11.3 Å². The zero-order chi connectivity index (χ0) is 20.7. The summed E-state index contributed by atoms with van der Waals surface area (Å²) in [7, 11) is 0. The van der Waals surface area contributed by atoms with Gasteiger partial charge in [0.1, 0.15) is 16.3 Å². The smallest absolute Gasteiger partial charge is 0.268 e. The van der Waals surface area contributed by atoms with Crippen molar-refractivity contribution in [1.29, 1.82) is 0 Å². The monoisotopic (exact) mass is 414 g/mol. The van der Waals surface area contributed by atoms with Gasteiger partial charge in [-0.2, -0.15) is 0 Å². The number of carbonyl (C=O) groups is 1. The summed E-state index contributed by atoms with van der Waals surface area (Å²) in [5.41, 5.74) is 1.58. The molecular weight excluding hydrogens is 391 g/mol. The molecule has 0 bridgehead atoms. The Kier molecular flexibility index (Phi) is 5.23. The van der Waals surface area contributed by atoms with E-state index in [2.05, 4.69) is 21.8 Å². The zero-order valence-electron chi connectivity index (χ0n) is 16.6. The molecule has 2 aromatic heterocycles. The first kappa shape index (κ1) is 19.7. The number of hydrogen-bond acceptors (Lipinski definition) is 5. The van der Waals surface area contributed by atoms with E-state index in [9.17, 15) is 14.0 Å². The number of amides is 1. The van der Waals surface area contributed by atoms with Gasteiger partial charge < -0.3 is 9.88 Å². The standard InChI is InChI=1S/C21H23FN4O2S/c1-12-10-15(4-5-16(12)22)21(28)26-8-7-25(13(2)14(26)3)11-18-23-17-6-9-29-19(17)20(27)24-18/h4-6,9-10,13-14H,7-8,11H2,1-3H3,(H,23,24,27)/t13-,14-/m1/s1. The summed E-state index contributed by atoms with van der Waals surface area (Å²) in [4.78, 5) is 36.7. The maximum Gasteiger partial charge on any atom is 0.268 e. The summed E-state index contributed by atoms with van der Waals surface area (Å²) in [5.74, 6) is 0.240. The van der Waals surface area contributed by atoms with Crippen molar-refractivity contribution in [2.45, 2.75) is 39.4 Å². The topological polar surface area (TPSA) is 69.3 Å². The van der Waals surface area contributed by atoms with Gasteiger partial charge in [-0.15, -0.1) is 11.3 Å². The molecule has 0 radical (unpaired) electrons. The molecule has 1 amide bonds. The van der Waals surface area contributed by atoms with Gasteiger partial charge in [-0.05, 0) is 56.0 Å². The molecule has 0 aliphatic carbocycles. The molecule has 0 spiro atoms. The second-order valence-electron chi connectivity index (χ2n) is 7.56. The van der Waals surface area contributed by atoms with Gasteiger partial charge in [0.25, 0.3) is 11.5 Å². The molecule has 8 heteroatoms. The van der Waals surface area contributed by atoms with Crippen molar-refractivity contribution < 1.29 is 9.18 Å². The van der Waals surface area contributed by atoms with E-state index in [1.165, 1.54) is 17.4 Å². The molecular formula is C21H23FN4O2S. The minimum absolute atomic E-state index is 0.0294. The lowest BCUT2D eigenvalue weighted by molar-refractivity contribution is 0.0242. The van der Waals surface area contributed by atoms with Crippen molar-refractivity contribution in [3.8, 4) is 0 Å². The number of halogens is 1. The number of nitrogens with zero attached hydrogens (tertiary/aromatic N) is 3. The van der Waals surface area contributed by atoms with Crippen LogP contribution in [-0.4, -0.2) is 50.8 Å². The van der Waals surface area contributed by atoms with Crippen molar-refractivity contribution >= 4 is 27.5 Å². The fourth-order valence-corrected chi connectivity index (χ4v) is 4.58. The van der Waals surface area contributed by atoms with Crippen LogP contribution in [0, 0.1) is 12.7 Å². The van der Waals surface area contributed by atoms with Crippen LogP contribution in [0.25, 0.3) is 10.2 Å². The van der Waals surface area contributed by atoms with Crippen LogP contribution in [0.3, 0.4) is 0 Å². The van der Waals surface area contributed by atoms with Gasteiger partial charge in [0, 0.05) is 30.7 Å². The lowest BCUT2D eigenvalue weighted by atomic mass is 10.0. The van der Waals surface area contributed by atoms with Crippen molar-refractivity contribution in [2.24, 2.45) is 0 Å². The summed E-state index contributed by atoms with van der Waals surface area (Å²) in [5, 5.41) is 1.86. The molecule has 152 valence electrons. The van der Waals surface area contributed by atoms with Crippen LogP contribution in [0.1, 0.15) is 35.6 Å². The number of aromatic amines is 1. The fourth-order valence-electron chi connectivity index (χ4n) is 3.85. The summed E-state index contributed by atoms with van der Waals surface area (Å²) in [6, 6.07) is 6.39. The number of piperazine rings is 1. The Balaban J connectivity index is 1.50. The van der Waals surface area contributed by atoms with E-state index >= 15 is 0 Å². The molecule has 6 nitrogen and oxygen atoms in total. The van der Waals surface area contributed by atoms with Crippen LogP contribution in [0.15, 0.2) is 34.4 Å². The average Bonchev–Trinajstić information content (AvgIpc) is 3.16. The number of rotatable bonds is 3. The van der Waals surface area contributed by atoms with Crippen LogP contribution in [0.2, 0.25) is 0 Å². The van der Waals surface area contributed by atoms with Crippen molar-refractivity contribution in [1.82, 2.24) is 19.8 Å². The van der Waals surface area contributed by atoms with Gasteiger partial charge in [-0.25, -0.2) is 9.37 Å². The number of aryl methyl sites for hydroxylation is 1. The van der Waals surface area contributed by atoms with E-state index in [4.69, 9.17) is 0 Å². The fraction of sp³-hybridized carbons (Fsp3) is 0.381. The van der Waals surface area contributed by atoms with Crippen molar-refractivity contribution in [3.05, 3.63) is 62.8 Å². The summed E-state index contributed by atoms with van der Waals surface area (Å²) >= 11 is 1.39. The van der Waals surface area contributed by atoms with Crippen LogP contribution < -0.4 is 5.56 Å². The third kappa shape index (κ3) is 3.70. The summed E-state index contributed by atoms with van der Waals surface area (Å²) in [6.07, 6.45) is 0. The highest BCUT2D eigenvalue weighted by Gasteiger charge is 2.34. The third-order valence-corrected chi connectivity index (χ3v) is 6.68. The predicted octanol–water partition coefficient (Wildman–Crippen LogP) is 3.17. The van der Waals surface area contributed by atoms with E-state index in [1.54, 1.807) is 19.1 Å². The van der Waals surface area contributed by atoms with E-state index < -0.39 is 0 Å². The van der Waals surface area contributed by atoms with Crippen LogP contribution in [0.4, 0.5) is 4.39 Å². The number of H-pyrrole nitrogens is 1. The Bertz CT molecular complexity index is 1130. The largest absolute Gasteiger partial charge is 0.333 e. The number of benzene rings is 1. The molecule has 1 aliphatic heterocycles. The van der Waals surface area contributed by atoms with E-state index in [0.717, 1.165) is 5.52 Å². The number of hydrogen-bond donors (Lipinski definition) is 1. The number of aromatic nitrogens is 2. The molecule has 4 rings (SSSR count). The van der Waals surface area contributed by atoms with Gasteiger partial charge in [0.2, 0.25) is 0 Å². The van der Waals surface area contributed by atoms with Gasteiger partial charge in [-0.1, -0.05) is 0 Å². The molecule has 3 heterocycles. The van der Waals surface area contributed by atoms with E-state index in [1.807, 2.05) is 23.3 Å². The first-order chi connectivity index (χ1) is 13.8. The van der Waals surface area contributed by atoms with E-state index in [-0.39, 0.29) is 29.4 Å². The minimum atomic E-state index is -0.308. The lowest BCUT2D eigenvalue weighted by Crippen LogP contribution is -2.58. The number of fused-ring (bicyclic) bond motifs is 1. The molecule has 0 saturated carbocycles. The first-order valence-electron chi connectivity index (χ1n) is 9.62. The summed E-state index contributed by atoms with van der Waals surface area (Å²) < 4.78 is 14.2. The predicted molar refractivity (Wildman–Crippen MR) is 112 cm³/mol. The minimum Gasteiger partial charge on any atom is -0.333 e. The number of nitrogens with one attached hydrogen (secondary N) is 1. The van der Waals surface area contributed by atoms with Gasteiger partial charge >= 0.3 is 0 Å². The highest BCUT2D eigenvalue weighted by Crippen LogP contribution is 2.22. The second kappa shape index (κ2) is 7.68. The average molecular weight is 415 g/mol. The molecule has 1 fully saturated rings. The highest BCUT2D eigenvalue weighted by molar-refractivity contribution is 7.17.